The molecule has 1 heterocycles. The van der Waals surface area contributed by atoms with Crippen molar-refractivity contribution in [1.82, 2.24) is 9.78 Å². The molecule has 1 unspecified atom stereocenters. The summed E-state index contributed by atoms with van der Waals surface area (Å²) in [5.74, 6) is 0.502. The van der Waals surface area contributed by atoms with Crippen molar-refractivity contribution in [1.29, 1.82) is 0 Å². The van der Waals surface area contributed by atoms with E-state index in [1.807, 2.05) is 13.8 Å². The fourth-order valence-corrected chi connectivity index (χ4v) is 1.06. The second-order valence-electron chi connectivity index (χ2n) is 3.40. The van der Waals surface area contributed by atoms with Crippen LogP contribution in [0.4, 0.5) is 5.82 Å². The second-order valence-corrected chi connectivity index (χ2v) is 3.80. The van der Waals surface area contributed by atoms with E-state index in [0.717, 1.165) is 0 Å². The molecule has 0 bridgehead atoms. The summed E-state index contributed by atoms with van der Waals surface area (Å²) >= 11 is 5.70. The molecule has 0 aliphatic carbocycles. The van der Waals surface area contributed by atoms with Gasteiger partial charge in [-0.2, -0.15) is 5.10 Å². The largest absolute Gasteiger partial charge is 0.391 e. The lowest BCUT2D eigenvalue weighted by atomic mass is 10.1. The number of hydrogen-bond acceptors (Lipinski definition) is 3. The van der Waals surface area contributed by atoms with Crippen molar-refractivity contribution in [3.8, 4) is 0 Å². The highest BCUT2D eigenvalue weighted by Gasteiger charge is 2.11. The van der Waals surface area contributed by atoms with E-state index in [0.29, 0.717) is 17.4 Å². The molecule has 0 spiro atoms. The quantitative estimate of drug-likeness (QED) is 0.774. The summed E-state index contributed by atoms with van der Waals surface area (Å²) in [6, 6.07) is 0. The molecule has 1 aromatic rings. The van der Waals surface area contributed by atoms with Crippen LogP contribution in [0.1, 0.15) is 13.8 Å². The van der Waals surface area contributed by atoms with Crippen LogP contribution in [0.5, 0.6) is 0 Å². The Labute approximate surface area is 82.3 Å². The molecular weight excluding hydrogens is 190 g/mol. The minimum atomic E-state index is -0.421. The Morgan fingerprint density at radius 2 is 2.31 bits per heavy atom. The fraction of sp³-hybridized carbons (Fsp3) is 0.625. The number of aliphatic hydroxyl groups is 1. The summed E-state index contributed by atoms with van der Waals surface area (Å²) in [5.41, 5.74) is 5.45. The van der Waals surface area contributed by atoms with Crippen LogP contribution in [0.15, 0.2) is 6.20 Å². The molecule has 1 atom stereocenters. The molecule has 0 radical (unpaired) electrons. The minimum Gasteiger partial charge on any atom is -0.391 e. The van der Waals surface area contributed by atoms with E-state index in [1.54, 1.807) is 10.9 Å². The number of nitrogen functional groups attached to an aromatic ring is 1. The van der Waals surface area contributed by atoms with Crippen LogP contribution in [-0.4, -0.2) is 21.0 Å². The van der Waals surface area contributed by atoms with Gasteiger partial charge in [0.25, 0.3) is 0 Å². The average molecular weight is 204 g/mol. The molecule has 1 aromatic heterocycles. The molecule has 0 fully saturated rings. The summed E-state index contributed by atoms with van der Waals surface area (Å²) in [4.78, 5) is 0. The van der Waals surface area contributed by atoms with Crippen molar-refractivity contribution in [2.45, 2.75) is 26.5 Å². The maximum absolute atomic E-state index is 9.54. The van der Waals surface area contributed by atoms with E-state index < -0.39 is 6.10 Å². The van der Waals surface area contributed by atoms with Crippen LogP contribution in [-0.2, 0) is 6.54 Å². The van der Waals surface area contributed by atoms with E-state index in [9.17, 15) is 5.11 Å². The van der Waals surface area contributed by atoms with E-state index in [2.05, 4.69) is 5.10 Å². The van der Waals surface area contributed by atoms with Crippen LogP contribution in [0.2, 0.25) is 5.02 Å². The van der Waals surface area contributed by atoms with Crippen LogP contribution < -0.4 is 5.73 Å². The third-order valence-corrected chi connectivity index (χ3v) is 2.18. The minimum absolute atomic E-state index is 0.198. The van der Waals surface area contributed by atoms with Gasteiger partial charge in [-0.1, -0.05) is 25.4 Å². The SMILES string of the molecule is CC(C)C(O)Cn1cc(Cl)c(N)n1. The first-order chi connectivity index (χ1) is 6.00. The smallest absolute Gasteiger partial charge is 0.164 e. The summed E-state index contributed by atoms with van der Waals surface area (Å²) in [7, 11) is 0. The van der Waals surface area contributed by atoms with Crippen LogP contribution in [0.3, 0.4) is 0 Å². The van der Waals surface area contributed by atoms with Gasteiger partial charge in [0.05, 0.1) is 12.6 Å². The lowest BCUT2D eigenvalue weighted by molar-refractivity contribution is 0.103. The molecular formula is C8H14ClN3O. The highest BCUT2D eigenvalue weighted by atomic mass is 35.5. The monoisotopic (exact) mass is 203 g/mol. The topological polar surface area (TPSA) is 64.1 Å². The molecule has 0 aliphatic heterocycles. The summed E-state index contributed by atoms with van der Waals surface area (Å²) < 4.78 is 1.56. The first-order valence-corrected chi connectivity index (χ1v) is 4.55. The van der Waals surface area contributed by atoms with Gasteiger partial charge in [-0.05, 0) is 5.92 Å². The van der Waals surface area contributed by atoms with Gasteiger partial charge in [0, 0.05) is 6.20 Å². The zero-order valence-electron chi connectivity index (χ0n) is 7.74. The highest BCUT2D eigenvalue weighted by molar-refractivity contribution is 6.32. The zero-order valence-corrected chi connectivity index (χ0v) is 8.49. The number of hydrogen-bond donors (Lipinski definition) is 2. The van der Waals surface area contributed by atoms with Gasteiger partial charge >= 0.3 is 0 Å². The fourth-order valence-electron chi connectivity index (χ4n) is 0.908. The number of nitrogens with zero attached hydrogens (tertiary/aromatic N) is 2. The first-order valence-electron chi connectivity index (χ1n) is 4.17. The summed E-state index contributed by atoms with van der Waals surface area (Å²) in [6.45, 7) is 4.31. The first kappa shape index (κ1) is 10.3. The molecule has 4 nitrogen and oxygen atoms in total. The Kier molecular flexibility index (Phi) is 3.17. The maximum Gasteiger partial charge on any atom is 0.164 e. The average Bonchev–Trinajstić information content (AvgIpc) is 2.31. The van der Waals surface area contributed by atoms with E-state index >= 15 is 0 Å². The van der Waals surface area contributed by atoms with Gasteiger partial charge in [0.2, 0.25) is 0 Å². The van der Waals surface area contributed by atoms with Gasteiger partial charge in [-0.3, -0.25) is 4.68 Å². The van der Waals surface area contributed by atoms with Crippen molar-refractivity contribution in [3.05, 3.63) is 11.2 Å². The Balaban J connectivity index is 2.64. The second kappa shape index (κ2) is 3.98. The number of nitrogens with two attached hydrogens (primary N) is 1. The standard InChI is InChI=1S/C8H14ClN3O/c1-5(2)7(13)4-12-3-6(9)8(10)11-12/h3,5,7,13H,4H2,1-2H3,(H2,10,11). The molecule has 0 amide bonds. The predicted molar refractivity (Wildman–Crippen MR) is 52.5 cm³/mol. The number of halogens is 1. The maximum atomic E-state index is 9.54. The number of aliphatic hydroxyl groups excluding tert-OH is 1. The zero-order chi connectivity index (χ0) is 10.0. The van der Waals surface area contributed by atoms with Gasteiger partial charge in [-0.25, -0.2) is 0 Å². The molecule has 0 saturated heterocycles. The lowest BCUT2D eigenvalue weighted by Crippen LogP contribution is -2.22. The van der Waals surface area contributed by atoms with Crippen LogP contribution in [0.25, 0.3) is 0 Å². The molecule has 5 heteroatoms. The normalized spacial score (nSPS) is 13.6. The van der Waals surface area contributed by atoms with Gasteiger partial charge < -0.3 is 10.8 Å². The van der Waals surface area contributed by atoms with Crippen molar-refractivity contribution in [2.24, 2.45) is 5.92 Å². The molecule has 0 saturated carbocycles. The van der Waals surface area contributed by atoms with Crippen LogP contribution in [0, 0.1) is 5.92 Å². The van der Waals surface area contributed by atoms with Gasteiger partial charge in [0.15, 0.2) is 5.82 Å². The number of anilines is 1. The van der Waals surface area contributed by atoms with Gasteiger partial charge in [-0.15, -0.1) is 0 Å². The molecule has 0 aromatic carbocycles. The Bertz CT molecular complexity index is 265. The van der Waals surface area contributed by atoms with Gasteiger partial charge in [0.1, 0.15) is 5.02 Å². The Hall–Kier alpha value is -0.740. The van der Waals surface area contributed by atoms with E-state index in [4.69, 9.17) is 17.3 Å². The Morgan fingerprint density at radius 1 is 1.69 bits per heavy atom. The van der Waals surface area contributed by atoms with Crippen molar-refractivity contribution in [3.63, 3.8) is 0 Å². The molecule has 13 heavy (non-hydrogen) atoms. The summed E-state index contributed by atoms with van der Waals surface area (Å²) in [6.07, 6.45) is 1.19. The van der Waals surface area contributed by atoms with E-state index in [-0.39, 0.29) is 5.92 Å². The molecule has 3 N–H and O–H groups in total. The molecule has 74 valence electrons. The van der Waals surface area contributed by atoms with E-state index in [1.165, 1.54) is 0 Å². The third-order valence-electron chi connectivity index (χ3n) is 1.89. The highest BCUT2D eigenvalue weighted by Crippen LogP contribution is 2.16. The van der Waals surface area contributed by atoms with Crippen LogP contribution >= 0.6 is 11.6 Å². The number of aromatic nitrogens is 2. The molecule has 1 rings (SSSR count). The van der Waals surface area contributed by atoms with Crippen molar-refractivity contribution >= 4 is 17.4 Å². The van der Waals surface area contributed by atoms with Crippen molar-refractivity contribution in [2.75, 3.05) is 5.73 Å². The molecule has 0 aliphatic rings. The Morgan fingerprint density at radius 3 is 2.69 bits per heavy atom. The van der Waals surface area contributed by atoms with Crippen molar-refractivity contribution < 1.29 is 5.11 Å². The predicted octanol–water partition coefficient (Wildman–Crippen LogP) is 1.14. The number of rotatable bonds is 3. The summed E-state index contributed by atoms with van der Waals surface area (Å²) in [5, 5.41) is 13.9. The lowest BCUT2D eigenvalue weighted by Gasteiger charge is -2.13. The third kappa shape index (κ3) is 2.60.